The van der Waals surface area contributed by atoms with Crippen LogP contribution in [0.1, 0.15) is 18.4 Å². The second-order valence-electron chi connectivity index (χ2n) is 7.02. The largest absolute Gasteiger partial charge is 0.506 e. The number of fused-ring (bicyclic) bond motifs is 1. The Hall–Kier alpha value is -2.55. The molecule has 152 valence electrons. The van der Waals surface area contributed by atoms with Crippen molar-refractivity contribution >= 4 is 44.1 Å². The number of anilines is 1. The Labute approximate surface area is 173 Å². The number of halogens is 1. The van der Waals surface area contributed by atoms with Crippen LogP contribution >= 0.6 is 11.6 Å². The summed E-state index contributed by atoms with van der Waals surface area (Å²) in [5.41, 5.74) is 1.66. The minimum Gasteiger partial charge on any atom is -0.506 e. The maximum Gasteiger partial charge on any atom is 0.243 e. The molecule has 0 aliphatic carbocycles. The Kier molecular flexibility index (Phi) is 5.24. The molecule has 1 aliphatic rings. The molecule has 29 heavy (non-hydrogen) atoms. The van der Waals surface area contributed by atoms with Crippen molar-refractivity contribution in [3.63, 3.8) is 0 Å². The van der Waals surface area contributed by atoms with Gasteiger partial charge in [-0.15, -0.1) is 0 Å². The number of benzene rings is 2. The molecule has 0 bridgehead atoms. The molecular formula is C20H20ClN3O4S. The number of hydrogen-bond donors (Lipinski definition) is 3. The number of aromatic nitrogens is 1. The highest BCUT2D eigenvalue weighted by molar-refractivity contribution is 7.89. The van der Waals surface area contributed by atoms with Gasteiger partial charge in [0.2, 0.25) is 15.9 Å². The van der Waals surface area contributed by atoms with Gasteiger partial charge in [-0.05, 0) is 48.7 Å². The number of phenolic OH excluding ortho intramolecular Hbond substituents is 1. The summed E-state index contributed by atoms with van der Waals surface area (Å²) in [7, 11) is -3.64. The highest BCUT2D eigenvalue weighted by Crippen LogP contribution is 2.30. The molecule has 0 unspecified atom stereocenters. The lowest BCUT2D eigenvalue weighted by Crippen LogP contribution is -2.28. The fraction of sp³-hybridized carbons (Fsp3) is 0.250. The average molecular weight is 434 g/mol. The van der Waals surface area contributed by atoms with Crippen molar-refractivity contribution in [1.82, 2.24) is 9.29 Å². The van der Waals surface area contributed by atoms with E-state index in [4.69, 9.17) is 11.6 Å². The van der Waals surface area contributed by atoms with Crippen LogP contribution in [0.15, 0.2) is 47.5 Å². The lowest BCUT2D eigenvalue weighted by atomic mass is 10.1. The topological polar surface area (TPSA) is 102 Å². The molecule has 3 N–H and O–H groups in total. The van der Waals surface area contributed by atoms with Crippen molar-refractivity contribution in [1.29, 1.82) is 0 Å². The Balaban J connectivity index is 1.54. The summed E-state index contributed by atoms with van der Waals surface area (Å²) < 4.78 is 26.9. The van der Waals surface area contributed by atoms with Crippen molar-refractivity contribution in [3.05, 3.63) is 53.2 Å². The number of aromatic hydroxyl groups is 1. The number of aromatic amines is 1. The smallest absolute Gasteiger partial charge is 0.243 e. The number of nitrogens with one attached hydrogen (secondary N) is 2. The van der Waals surface area contributed by atoms with E-state index >= 15 is 0 Å². The highest BCUT2D eigenvalue weighted by Gasteiger charge is 2.28. The zero-order valence-electron chi connectivity index (χ0n) is 15.5. The molecule has 2 aromatic carbocycles. The number of phenols is 1. The molecule has 1 amide bonds. The molecule has 3 aromatic rings. The number of hydrogen-bond acceptors (Lipinski definition) is 4. The normalized spacial score (nSPS) is 15.1. The van der Waals surface area contributed by atoms with Crippen molar-refractivity contribution in [3.8, 4) is 5.75 Å². The second-order valence-corrected chi connectivity index (χ2v) is 9.39. The molecule has 0 atom stereocenters. The van der Waals surface area contributed by atoms with Crippen LogP contribution in [0.2, 0.25) is 5.02 Å². The standard InChI is InChI=1S/C20H20ClN3O4S/c21-14-3-5-16-13(12-22-17(16)10-14)9-20(26)23-18-11-15(4-6-19(18)25)29(27,28)24-7-1-2-8-24/h3-6,10-12,22,25H,1-2,7-9H2,(H,23,26). The van der Waals surface area contributed by atoms with E-state index in [0.717, 1.165) is 29.3 Å². The third-order valence-corrected chi connectivity index (χ3v) is 7.16. The van der Waals surface area contributed by atoms with E-state index in [0.29, 0.717) is 18.1 Å². The van der Waals surface area contributed by atoms with Gasteiger partial charge in [-0.3, -0.25) is 4.79 Å². The quantitative estimate of drug-likeness (QED) is 0.536. The van der Waals surface area contributed by atoms with Crippen LogP contribution in [0.5, 0.6) is 5.75 Å². The first-order valence-corrected chi connectivity index (χ1v) is 11.0. The van der Waals surface area contributed by atoms with Gasteiger partial charge in [0.05, 0.1) is 17.0 Å². The van der Waals surface area contributed by atoms with E-state index in [-0.39, 0.29) is 28.7 Å². The zero-order chi connectivity index (χ0) is 20.6. The fourth-order valence-corrected chi connectivity index (χ4v) is 5.24. The predicted molar refractivity (Wildman–Crippen MR) is 112 cm³/mol. The van der Waals surface area contributed by atoms with Crippen molar-refractivity contribution in [2.24, 2.45) is 0 Å². The minimum atomic E-state index is -3.64. The number of sulfonamides is 1. The van der Waals surface area contributed by atoms with Crippen LogP contribution in [0.3, 0.4) is 0 Å². The summed E-state index contributed by atoms with van der Waals surface area (Å²) >= 11 is 5.98. The molecule has 1 aromatic heterocycles. The lowest BCUT2D eigenvalue weighted by molar-refractivity contribution is -0.115. The monoisotopic (exact) mass is 433 g/mol. The van der Waals surface area contributed by atoms with E-state index < -0.39 is 10.0 Å². The molecule has 1 aliphatic heterocycles. The summed E-state index contributed by atoms with van der Waals surface area (Å²) in [6, 6.07) is 9.29. The summed E-state index contributed by atoms with van der Waals surface area (Å²) in [5, 5.41) is 14.2. The Morgan fingerprint density at radius 2 is 1.93 bits per heavy atom. The summed E-state index contributed by atoms with van der Waals surface area (Å²) in [6.07, 6.45) is 3.45. The van der Waals surface area contributed by atoms with Crippen LogP contribution in [0.25, 0.3) is 10.9 Å². The minimum absolute atomic E-state index is 0.0502. The molecule has 1 saturated heterocycles. The first-order chi connectivity index (χ1) is 13.8. The van der Waals surface area contributed by atoms with Crippen LogP contribution < -0.4 is 5.32 Å². The molecule has 9 heteroatoms. The predicted octanol–water partition coefficient (Wildman–Crippen LogP) is 3.49. The molecule has 7 nitrogen and oxygen atoms in total. The summed E-state index contributed by atoms with van der Waals surface area (Å²) in [4.78, 5) is 15.7. The van der Waals surface area contributed by atoms with Gasteiger partial charge in [-0.1, -0.05) is 17.7 Å². The molecule has 4 rings (SSSR count). The Morgan fingerprint density at radius 1 is 1.17 bits per heavy atom. The van der Waals surface area contributed by atoms with E-state index in [1.165, 1.54) is 22.5 Å². The maximum atomic E-state index is 12.7. The number of carbonyl (C=O) groups excluding carboxylic acids is 1. The van der Waals surface area contributed by atoms with Gasteiger partial charge in [-0.25, -0.2) is 8.42 Å². The average Bonchev–Trinajstić information content (AvgIpc) is 3.34. The van der Waals surface area contributed by atoms with E-state index in [9.17, 15) is 18.3 Å². The first-order valence-electron chi connectivity index (χ1n) is 9.23. The van der Waals surface area contributed by atoms with Gasteiger partial charge in [0.15, 0.2) is 0 Å². The van der Waals surface area contributed by atoms with Gasteiger partial charge in [0.1, 0.15) is 5.75 Å². The molecule has 0 spiro atoms. The molecule has 0 radical (unpaired) electrons. The Morgan fingerprint density at radius 3 is 2.69 bits per heavy atom. The maximum absolute atomic E-state index is 12.7. The zero-order valence-corrected chi connectivity index (χ0v) is 17.1. The van der Waals surface area contributed by atoms with Gasteiger partial charge < -0.3 is 15.4 Å². The van der Waals surface area contributed by atoms with E-state index in [1.54, 1.807) is 18.3 Å². The molecule has 2 heterocycles. The third-order valence-electron chi connectivity index (χ3n) is 5.03. The third kappa shape index (κ3) is 3.96. The lowest BCUT2D eigenvalue weighted by Gasteiger charge is -2.16. The Bertz CT molecular complexity index is 1180. The number of carbonyl (C=O) groups is 1. The van der Waals surface area contributed by atoms with E-state index in [2.05, 4.69) is 10.3 Å². The number of amides is 1. The molecular weight excluding hydrogens is 414 g/mol. The number of H-pyrrole nitrogens is 1. The first kappa shape index (κ1) is 19.8. The fourth-order valence-electron chi connectivity index (χ4n) is 3.53. The van der Waals surface area contributed by atoms with Crippen LogP contribution in [-0.2, 0) is 21.2 Å². The van der Waals surface area contributed by atoms with Crippen LogP contribution in [-0.4, -0.2) is 41.8 Å². The SMILES string of the molecule is O=C(Cc1c[nH]c2cc(Cl)ccc12)Nc1cc(S(=O)(=O)N2CCCC2)ccc1O. The van der Waals surface area contributed by atoms with Gasteiger partial charge in [0.25, 0.3) is 0 Å². The molecule has 0 saturated carbocycles. The van der Waals surface area contributed by atoms with Gasteiger partial charge in [-0.2, -0.15) is 4.31 Å². The van der Waals surface area contributed by atoms with Crippen molar-refractivity contribution < 1.29 is 18.3 Å². The summed E-state index contributed by atoms with van der Waals surface area (Å²) in [6.45, 7) is 0.963. The summed E-state index contributed by atoms with van der Waals surface area (Å²) in [5.74, 6) is -0.559. The van der Waals surface area contributed by atoms with Crippen LogP contribution in [0, 0.1) is 0 Å². The second kappa shape index (κ2) is 7.70. The highest BCUT2D eigenvalue weighted by atomic mass is 35.5. The van der Waals surface area contributed by atoms with Crippen molar-refractivity contribution in [2.75, 3.05) is 18.4 Å². The molecule has 1 fully saturated rings. The van der Waals surface area contributed by atoms with Crippen LogP contribution in [0.4, 0.5) is 5.69 Å². The number of nitrogens with zero attached hydrogens (tertiary/aromatic N) is 1. The number of rotatable bonds is 5. The van der Waals surface area contributed by atoms with Crippen molar-refractivity contribution in [2.45, 2.75) is 24.2 Å². The van der Waals surface area contributed by atoms with E-state index in [1.807, 2.05) is 6.07 Å². The van der Waals surface area contributed by atoms with Gasteiger partial charge in [0, 0.05) is 35.2 Å². The van der Waals surface area contributed by atoms with Gasteiger partial charge >= 0.3 is 0 Å².